The van der Waals surface area contributed by atoms with Gasteiger partial charge in [-0.25, -0.2) is 4.39 Å². The summed E-state index contributed by atoms with van der Waals surface area (Å²) >= 11 is 1.92. The molecule has 5 heteroatoms. The van der Waals surface area contributed by atoms with Crippen LogP contribution in [0.3, 0.4) is 0 Å². The maximum atomic E-state index is 13.2. The summed E-state index contributed by atoms with van der Waals surface area (Å²) in [5.74, 6) is 2.20. The van der Waals surface area contributed by atoms with Crippen LogP contribution in [0.25, 0.3) is 0 Å². The number of hydrogen-bond donors (Lipinski definition) is 1. The lowest BCUT2D eigenvalue weighted by molar-refractivity contribution is -0.132. The molecule has 1 aromatic rings. The van der Waals surface area contributed by atoms with Crippen molar-refractivity contribution in [3.05, 3.63) is 35.6 Å². The fraction of sp³-hybridized carbons (Fsp3) is 0.588. The first-order valence-electron chi connectivity index (χ1n) is 8.07. The Balaban J connectivity index is 1.54. The van der Waals surface area contributed by atoms with Crippen molar-refractivity contribution in [1.82, 2.24) is 10.2 Å². The van der Waals surface area contributed by atoms with E-state index in [1.54, 1.807) is 12.1 Å². The normalized spacial score (nSPS) is 21.6. The van der Waals surface area contributed by atoms with Crippen molar-refractivity contribution in [3.63, 3.8) is 0 Å². The molecule has 120 valence electrons. The molecule has 1 atom stereocenters. The van der Waals surface area contributed by atoms with Crippen molar-refractivity contribution in [3.8, 4) is 0 Å². The molecule has 1 aliphatic heterocycles. The molecule has 1 saturated carbocycles. The molecule has 0 aromatic heterocycles. The lowest BCUT2D eigenvalue weighted by Gasteiger charge is -2.27. The highest BCUT2D eigenvalue weighted by molar-refractivity contribution is 7.99. The van der Waals surface area contributed by atoms with Gasteiger partial charge >= 0.3 is 0 Å². The van der Waals surface area contributed by atoms with E-state index in [0.29, 0.717) is 25.0 Å². The van der Waals surface area contributed by atoms with Gasteiger partial charge in [0, 0.05) is 43.1 Å². The van der Waals surface area contributed by atoms with Crippen molar-refractivity contribution in [1.29, 1.82) is 0 Å². The smallest absolute Gasteiger partial charge is 0.224 e. The highest BCUT2D eigenvalue weighted by atomic mass is 32.2. The summed E-state index contributed by atoms with van der Waals surface area (Å²) < 4.78 is 13.2. The minimum absolute atomic E-state index is 0.203. The zero-order valence-corrected chi connectivity index (χ0v) is 13.6. The Kier molecular flexibility index (Phi) is 5.37. The third-order valence-electron chi connectivity index (χ3n) is 4.26. The van der Waals surface area contributed by atoms with E-state index in [1.165, 1.54) is 6.07 Å². The molecule has 1 unspecified atom stereocenters. The number of nitrogens with zero attached hydrogens (tertiary/aromatic N) is 1. The van der Waals surface area contributed by atoms with Crippen LogP contribution in [0, 0.1) is 5.82 Å². The van der Waals surface area contributed by atoms with Crippen molar-refractivity contribution in [2.75, 3.05) is 24.6 Å². The molecule has 1 aliphatic carbocycles. The van der Waals surface area contributed by atoms with Crippen molar-refractivity contribution < 1.29 is 9.18 Å². The van der Waals surface area contributed by atoms with Crippen molar-refractivity contribution in [2.45, 2.75) is 37.8 Å². The second-order valence-corrected chi connectivity index (χ2v) is 7.28. The van der Waals surface area contributed by atoms with Crippen LogP contribution in [0.4, 0.5) is 4.39 Å². The Morgan fingerprint density at radius 3 is 2.95 bits per heavy atom. The molecule has 2 fully saturated rings. The first kappa shape index (κ1) is 15.8. The Morgan fingerprint density at radius 2 is 2.27 bits per heavy atom. The molecule has 0 spiro atoms. The average Bonchev–Trinajstić information content (AvgIpc) is 3.33. The molecule has 1 saturated heterocycles. The van der Waals surface area contributed by atoms with Gasteiger partial charge in [0.05, 0.1) is 0 Å². The number of hydrogen-bond acceptors (Lipinski definition) is 3. The second-order valence-electron chi connectivity index (χ2n) is 6.13. The summed E-state index contributed by atoms with van der Waals surface area (Å²) in [5.41, 5.74) is 0.963. The predicted octanol–water partition coefficient (Wildman–Crippen LogP) is 2.45. The van der Waals surface area contributed by atoms with E-state index in [9.17, 15) is 9.18 Å². The summed E-state index contributed by atoms with van der Waals surface area (Å²) in [6, 6.07) is 7.41. The average molecular weight is 322 g/mol. The fourth-order valence-corrected chi connectivity index (χ4v) is 3.87. The minimum Gasteiger partial charge on any atom is -0.339 e. The molecule has 1 N–H and O–H groups in total. The topological polar surface area (TPSA) is 32.3 Å². The third kappa shape index (κ3) is 4.46. The first-order valence-corrected chi connectivity index (χ1v) is 9.23. The van der Waals surface area contributed by atoms with Gasteiger partial charge < -0.3 is 10.2 Å². The number of amides is 1. The molecule has 1 amide bonds. The lowest BCUT2D eigenvalue weighted by atomic mass is 10.1. The van der Waals surface area contributed by atoms with Gasteiger partial charge in [0.2, 0.25) is 5.91 Å². The van der Waals surface area contributed by atoms with Gasteiger partial charge in [0.25, 0.3) is 0 Å². The van der Waals surface area contributed by atoms with Gasteiger partial charge in [-0.2, -0.15) is 11.8 Å². The Labute approximate surface area is 135 Å². The van der Waals surface area contributed by atoms with Gasteiger partial charge in [-0.05, 0) is 37.0 Å². The molecule has 1 aromatic carbocycles. The van der Waals surface area contributed by atoms with Crippen LogP contribution in [0.15, 0.2) is 24.3 Å². The Hall–Kier alpha value is -1.07. The largest absolute Gasteiger partial charge is 0.339 e. The molecule has 1 heterocycles. The van der Waals surface area contributed by atoms with Crippen molar-refractivity contribution >= 4 is 17.7 Å². The van der Waals surface area contributed by atoms with Gasteiger partial charge in [-0.15, -0.1) is 0 Å². The van der Waals surface area contributed by atoms with Gasteiger partial charge in [0.15, 0.2) is 0 Å². The minimum atomic E-state index is -0.203. The zero-order chi connectivity index (χ0) is 15.4. The Morgan fingerprint density at radius 1 is 1.41 bits per heavy atom. The monoisotopic (exact) mass is 322 g/mol. The number of nitrogens with one attached hydrogen (secondary N) is 1. The number of carbonyl (C=O) groups excluding carboxylic acids is 1. The predicted molar refractivity (Wildman–Crippen MR) is 88.6 cm³/mol. The van der Waals surface area contributed by atoms with E-state index in [1.807, 2.05) is 22.7 Å². The van der Waals surface area contributed by atoms with Crippen LogP contribution in [0.5, 0.6) is 0 Å². The summed E-state index contributed by atoms with van der Waals surface area (Å²) in [6.45, 7) is 1.70. The molecule has 2 aliphatic rings. The number of benzene rings is 1. The molecule has 0 bridgehead atoms. The maximum Gasteiger partial charge on any atom is 0.224 e. The summed E-state index contributed by atoms with van der Waals surface area (Å²) in [5, 5.41) is 3.43. The standard InChI is InChI=1S/C17H23FN2OS/c18-14-3-1-2-13(10-14)6-8-20(16-4-5-16)17(21)11-15-12-22-9-7-19-15/h1-3,10,15-16,19H,4-9,11-12H2. The Bertz CT molecular complexity index is 515. The molecular formula is C17H23FN2OS. The first-order chi connectivity index (χ1) is 10.7. The van der Waals surface area contributed by atoms with E-state index < -0.39 is 0 Å². The van der Waals surface area contributed by atoms with E-state index in [4.69, 9.17) is 0 Å². The second kappa shape index (κ2) is 7.47. The maximum absolute atomic E-state index is 13.2. The van der Waals surface area contributed by atoms with Crippen LogP contribution < -0.4 is 5.32 Å². The summed E-state index contributed by atoms with van der Waals surface area (Å²) in [4.78, 5) is 14.6. The number of halogens is 1. The van der Waals surface area contributed by atoms with Crippen LogP contribution in [-0.4, -0.2) is 47.5 Å². The van der Waals surface area contributed by atoms with Crippen LogP contribution in [0.1, 0.15) is 24.8 Å². The van der Waals surface area contributed by atoms with E-state index in [-0.39, 0.29) is 11.7 Å². The van der Waals surface area contributed by atoms with E-state index >= 15 is 0 Å². The third-order valence-corrected chi connectivity index (χ3v) is 5.39. The molecular weight excluding hydrogens is 299 g/mol. The van der Waals surface area contributed by atoms with Gasteiger partial charge in [0.1, 0.15) is 5.82 Å². The molecule has 3 nitrogen and oxygen atoms in total. The molecule has 3 rings (SSSR count). The quantitative estimate of drug-likeness (QED) is 0.873. The van der Waals surface area contributed by atoms with Crippen LogP contribution >= 0.6 is 11.8 Å². The number of carbonyl (C=O) groups is 1. The van der Waals surface area contributed by atoms with Crippen molar-refractivity contribution in [2.24, 2.45) is 0 Å². The van der Waals surface area contributed by atoms with Crippen LogP contribution in [0.2, 0.25) is 0 Å². The lowest BCUT2D eigenvalue weighted by Crippen LogP contribution is -2.43. The number of rotatable bonds is 6. The summed E-state index contributed by atoms with van der Waals surface area (Å²) in [7, 11) is 0. The van der Waals surface area contributed by atoms with Gasteiger partial charge in [-0.1, -0.05) is 12.1 Å². The molecule has 22 heavy (non-hydrogen) atoms. The molecule has 0 radical (unpaired) electrons. The van der Waals surface area contributed by atoms with Gasteiger partial charge in [-0.3, -0.25) is 4.79 Å². The summed E-state index contributed by atoms with van der Waals surface area (Å²) in [6.07, 6.45) is 3.54. The highest BCUT2D eigenvalue weighted by Gasteiger charge is 2.33. The fourth-order valence-electron chi connectivity index (χ4n) is 2.92. The highest BCUT2D eigenvalue weighted by Crippen LogP contribution is 2.28. The zero-order valence-electron chi connectivity index (χ0n) is 12.8. The van der Waals surface area contributed by atoms with E-state index in [0.717, 1.165) is 42.9 Å². The van der Waals surface area contributed by atoms with Crippen LogP contribution in [-0.2, 0) is 11.2 Å². The number of thioether (sulfide) groups is 1. The van der Waals surface area contributed by atoms with E-state index in [2.05, 4.69) is 5.32 Å². The SMILES string of the molecule is O=C(CC1CSCCN1)N(CCc1cccc(F)c1)C1CC1.